The molecule has 14 heteroatoms. The van der Waals surface area contributed by atoms with Gasteiger partial charge in [0, 0.05) is 12.1 Å². The van der Waals surface area contributed by atoms with Crippen LogP contribution in [-0.4, -0.2) is 29.2 Å². The number of nitro groups is 2. The molecule has 3 rings (SSSR count). The van der Waals surface area contributed by atoms with Crippen LogP contribution in [0.4, 0.5) is 11.4 Å². The van der Waals surface area contributed by atoms with Crippen LogP contribution >= 0.6 is 7.60 Å². The lowest BCUT2D eigenvalue weighted by Crippen LogP contribution is -2.36. The molecule has 0 amide bonds. The first-order valence-corrected chi connectivity index (χ1v) is 8.87. The van der Waals surface area contributed by atoms with E-state index in [4.69, 9.17) is 0 Å². The molecule has 2 aromatic carbocycles. The Morgan fingerprint density at radius 2 is 1.74 bits per heavy atom. The lowest BCUT2D eigenvalue weighted by molar-refractivity contribution is -0.384. The highest BCUT2D eigenvalue weighted by molar-refractivity contribution is 7.50. The van der Waals surface area contributed by atoms with Crippen molar-refractivity contribution in [1.82, 2.24) is 9.55 Å². The molecule has 0 atom stereocenters. The summed E-state index contributed by atoms with van der Waals surface area (Å²) in [4.78, 5) is 65.6. The van der Waals surface area contributed by atoms with Crippen LogP contribution in [0, 0.1) is 20.2 Å². The van der Waals surface area contributed by atoms with E-state index in [0.717, 1.165) is 12.1 Å². The lowest BCUT2D eigenvalue weighted by Gasteiger charge is -2.13. The highest BCUT2D eigenvalue weighted by atomic mass is 31.2. The zero-order valence-corrected chi connectivity index (χ0v) is 14.0. The molecule has 0 unspecified atom stereocenters. The van der Waals surface area contributed by atoms with Crippen LogP contribution in [0.15, 0.2) is 33.9 Å². The van der Waals surface area contributed by atoms with Crippen molar-refractivity contribution in [2.45, 2.75) is 6.29 Å². The van der Waals surface area contributed by atoms with Crippen molar-refractivity contribution in [2.75, 3.05) is 0 Å². The van der Waals surface area contributed by atoms with Crippen molar-refractivity contribution in [1.29, 1.82) is 0 Å². The average molecular weight is 396 g/mol. The minimum Gasteiger partial charge on any atom is -0.323 e. The van der Waals surface area contributed by atoms with E-state index < -0.39 is 57.1 Å². The number of benzene rings is 2. The number of H-pyrrole nitrogens is 1. The van der Waals surface area contributed by atoms with Crippen molar-refractivity contribution in [2.24, 2.45) is 0 Å². The van der Waals surface area contributed by atoms with Crippen LogP contribution in [0.3, 0.4) is 0 Å². The van der Waals surface area contributed by atoms with E-state index in [1.54, 1.807) is 0 Å². The van der Waals surface area contributed by atoms with Crippen LogP contribution in [-0.2, 0) is 10.9 Å². The van der Waals surface area contributed by atoms with Crippen molar-refractivity contribution in [3.63, 3.8) is 0 Å². The highest BCUT2D eigenvalue weighted by Crippen LogP contribution is 2.40. The Bertz CT molecular complexity index is 1300. The summed E-state index contributed by atoms with van der Waals surface area (Å²) in [5.74, 6) is 0. The van der Waals surface area contributed by atoms with Gasteiger partial charge in [-0.05, 0) is 6.07 Å². The third-order valence-corrected chi connectivity index (χ3v) is 4.42. The van der Waals surface area contributed by atoms with E-state index in [0.29, 0.717) is 4.57 Å². The Balaban J connectivity index is 2.72. The topological polar surface area (TPSA) is 199 Å². The van der Waals surface area contributed by atoms with Gasteiger partial charge in [0.25, 0.3) is 11.4 Å². The summed E-state index contributed by atoms with van der Waals surface area (Å²) in [6.45, 7) is 0. The van der Waals surface area contributed by atoms with Gasteiger partial charge in [0.05, 0.1) is 31.7 Å². The van der Waals surface area contributed by atoms with Gasteiger partial charge in [0.15, 0.2) is 0 Å². The van der Waals surface area contributed by atoms with Gasteiger partial charge in [-0.25, -0.2) is 0 Å². The molecule has 0 aliphatic carbocycles. The van der Waals surface area contributed by atoms with Crippen molar-refractivity contribution >= 4 is 40.8 Å². The monoisotopic (exact) mass is 396 g/mol. The van der Waals surface area contributed by atoms with Gasteiger partial charge in [0.2, 0.25) is 0 Å². The van der Waals surface area contributed by atoms with E-state index >= 15 is 0 Å². The predicted molar refractivity (Wildman–Crippen MR) is 91.7 cm³/mol. The molecule has 0 bridgehead atoms. The van der Waals surface area contributed by atoms with Gasteiger partial charge in [0.1, 0.15) is 6.29 Å². The first-order valence-electron chi connectivity index (χ1n) is 7.07. The fourth-order valence-corrected chi connectivity index (χ4v) is 3.46. The maximum absolute atomic E-state index is 12.2. The molecule has 0 fully saturated rings. The van der Waals surface area contributed by atoms with E-state index in [-0.39, 0.29) is 10.9 Å². The summed E-state index contributed by atoms with van der Waals surface area (Å²) in [5, 5.41) is 22.1. The number of fused-ring (bicyclic) bond motifs is 3. The highest BCUT2D eigenvalue weighted by Gasteiger charge is 2.27. The zero-order chi connectivity index (χ0) is 20.1. The summed E-state index contributed by atoms with van der Waals surface area (Å²) in [6.07, 6.45) is -1.23. The first kappa shape index (κ1) is 18.4. The van der Waals surface area contributed by atoms with E-state index in [1.165, 1.54) is 12.1 Å². The molecular formula is C13H9N4O9P. The molecule has 1 aromatic heterocycles. The van der Waals surface area contributed by atoms with Gasteiger partial charge in [-0.1, -0.05) is 6.07 Å². The van der Waals surface area contributed by atoms with Gasteiger partial charge in [-0.15, -0.1) is 0 Å². The molecular weight excluding hydrogens is 387 g/mol. The zero-order valence-electron chi connectivity index (χ0n) is 13.1. The van der Waals surface area contributed by atoms with Gasteiger partial charge < -0.3 is 14.8 Å². The van der Waals surface area contributed by atoms with Crippen molar-refractivity contribution in [3.8, 4) is 0 Å². The maximum atomic E-state index is 12.2. The number of nitrogens with zero attached hydrogens (tertiary/aromatic N) is 3. The van der Waals surface area contributed by atoms with E-state index in [2.05, 4.69) is 4.98 Å². The predicted octanol–water partition coefficient (Wildman–Crippen LogP) is 0.795. The second kappa shape index (κ2) is 6.09. The summed E-state index contributed by atoms with van der Waals surface area (Å²) in [7, 11) is -4.88. The largest absolute Gasteiger partial charge is 0.345 e. The third kappa shape index (κ3) is 3.10. The third-order valence-electron chi connectivity index (χ3n) is 3.77. The molecule has 13 nitrogen and oxygen atoms in total. The molecule has 3 aromatic rings. The smallest absolute Gasteiger partial charge is 0.323 e. The summed E-state index contributed by atoms with van der Waals surface area (Å²) in [6, 6.07) is 4.27. The Kier molecular flexibility index (Phi) is 4.14. The molecule has 3 N–H and O–H groups in total. The summed E-state index contributed by atoms with van der Waals surface area (Å²) < 4.78 is 11.8. The molecule has 0 saturated heterocycles. The number of nitrogens with one attached hydrogen (secondary N) is 1. The summed E-state index contributed by atoms with van der Waals surface area (Å²) in [5.41, 5.74) is -4.61. The minimum atomic E-state index is -4.88. The van der Waals surface area contributed by atoms with E-state index in [9.17, 15) is 44.2 Å². The molecule has 0 aliphatic rings. The summed E-state index contributed by atoms with van der Waals surface area (Å²) >= 11 is 0. The SMILES string of the molecule is O=c1[nH]c2cc([N+](=O)[O-])c3cccc([N+](=O)[O-])c3c2n(CP(=O)(O)O)c1=O. The number of aromatic amines is 1. The van der Waals surface area contributed by atoms with Crippen LogP contribution in [0.1, 0.15) is 0 Å². The number of nitro benzene ring substituents is 2. The number of rotatable bonds is 4. The van der Waals surface area contributed by atoms with Crippen molar-refractivity contribution in [3.05, 3.63) is 65.2 Å². The quantitative estimate of drug-likeness (QED) is 0.187. The van der Waals surface area contributed by atoms with Crippen LogP contribution in [0.2, 0.25) is 0 Å². The second-order valence-corrected chi connectivity index (χ2v) is 7.11. The minimum absolute atomic E-state index is 0.229. The molecule has 0 spiro atoms. The molecule has 0 radical (unpaired) electrons. The molecule has 140 valence electrons. The Morgan fingerprint density at radius 3 is 2.30 bits per heavy atom. The molecule has 0 aliphatic heterocycles. The van der Waals surface area contributed by atoms with Gasteiger partial charge in [-0.3, -0.25) is 38.9 Å². The Morgan fingerprint density at radius 1 is 1.11 bits per heavy atom. The fourth-order valence-electron chi connectivity index (χ4n) is 2.82. The normalized spacial score (nSPS) is 11.8. The van der Waals surface area contributed by atoms with Crippen LogP contribution in [0.5, 0.6) is 0 Å². The average Bonchev–Trinajstić information content (AvgIpc) is 2.56. The first-order chi connectivity index (χ1) is 12.5. The lowest BCUT2D eigenvalue weighted by atomic mass is 10.0. The van der Waals surface area contributed by atoms with Crippen LogP contribution < -0.4 is 11.1 Å². The molecule has 0 saturated carbocycles. The van der Waals surface area contributed by atoms with Gasteiger partial charge in [-0.2, -0.15) is 0 Å². The fraction of sp³-hybridized carbons (Fsp3) is 0.0769. The number of non-ortho nitro benzene ring substituents is 2. The number of hydrogen-bond acceptors (Lipinski definition) is 7. The maximum Gasteiger partial charge on any atom is 0.345 e. The second-order valence-electron chi connectivity index (χ2n) is 5.50. The molecule has 1 heterocycles. The van der Waals surface area contributed by atoms with E-state index in [1.807, 2.05) is 0 Å². The molecule has 27 heavy (non-hydrogen) atoms. The van der Waals surface area contributed by atoms with Gasteiger partial charge >= 0.3 is 18.7 Å². The van der Waals surface area contributed by atoms with Crippen LogP contribution in [0.25, 0.3) is 21.8 Å². The Labute approximate surface area is 146 Å². The Hall–Kier alpha value is -3.41. The van der Waals surface area contributed by atoms with Crippen molar-refractivity contribution < 1.29 is 24.2 Å². The standard InChI is InChI=1S/C13H9N4O9P/c18-12-13(19)15(5-27(24,25)26)11-7(14-12)4-9(17(22)23)6-2-1-3-8(10(6)11)16(20)21/h1-4H,5H2,(H,14,18)(H2,24,25,26). The number of hydrogen-bond donors (Lipinski definition) is 3. The number of aromatic nitrogens is 2.